The molecule has 0 atom stereocenters. The van der Waals surface area contributed by atoms with E-state index in [1.54, 1.807) is 0 Å². The van der Waals surface area contributed by atoms with E-state index < -0.39 is 0 Å². The summed E-state index contributed by atoms with van der Waals surface area (Å²) in [5.41, 5.74) is 0.625. The molecule has 0 N–H and O–H groups in total. The Morgan fingerprint density at radius 2 is 0.538 bits per heavy atom. The van der Waals surface area contributed by atoms with Gasteiger partial charge in [-0.3, -0.25) is 4.90 Å². The van der Waals surface area contributed by atoms with E-state index in [0.717, 1.165) is 0 Å². The Hall–Kier alpha value is -0.0400. The molecular weight excluding hydrogens is 470 g/mol. The summed E-state index contributed by atoms with van der Waals surface area (Å²) < 4.78 is 0. The molecule has 0 rings (SSSR count). The van der Waals surface area contributed by atoms with Crippen molar-refractivity contribution in [1.82, 2.24) is 4.90 Å². The molecule has 0 spiro atoms. The van der Waals surface area contributed by atoms with Gasteiger partial charge >= 0.3 is 0 Å². The summed E-state index contributed by atoms with van der Waals surface area (Å²) in [7, 11) is 0. The largest absolute Gasteiger partial charge is 0.293 e. The molecule has 0 bridgehead atoms. The van der Waals surface area contributed by atoms with Gasteiger partial charge < -0.3 is 0 Å². The lowest BCUT2D eigenvalue weighted by atomic mass is 9.85. The summed E-state index contributed by atoms with van der Waals surface area (Å²) in [6.45, 7) is 18.5. The van der Waals surface area contributed by atoms with Gasteiger partial charge in [-0.25, -0.2) is 0 Å². The third-order valence-corrected chi connectivity index (χ3v) is 9.48. The van der Waals surface area contributed by atoms with Crippen LogP contribution in [0.1, 0.15) is 228 Å². The minimum atomic E-state index is 0.313. The smallest absolute Gasteiger partial charge is 0.0158 e. The first-order valence-corrected chi connectivity index (χ1v) is 18.6. The fraction of sp³-hybridized carbons (Fsp3) is 1.00. The highest BCUT2D eigenvalue weighted by molar-refractivity contribution is 4.92. The van der Waals surface area contributed by atoms with E-state index in [1.165, 1.54) is 186 Å². The highest BCUT2D eigenvalue weighted by atomic mass is 15.2. The Balaban J connectivity index is 4.42. The summed E-state index contributed by atoms with van der Waals surface area (Å²) in [4.78, 5) is 2.96. The third kappa shape index (κ3) is 23.2. The van der Waals surface area contributed by atoms with Gasteiger partial charge in [-0.15, -0.1) is 0 Å². The van der Waals surface area contributed by atoms with Gasteiger partial charge in [0.2, 0.25) is 0 Å². The third-order valence-electron chi connectivity index (χ3n) is 9.48. The van der Waals surface area contributed by atoms with Crippen molar-refractivity contribution < 1.29 is 0 Å². The molecule has 0 aliphatic rings. The molecule has 1 nitrogen and oxygen atoms in total. The van der Waals surface area contributed by atoms with Crippen molar-refractivity contribution in [3.63, 3.8) is 0 Å². The van der Waals surface area contributed by atoms with Crippen LogP contribution in [0.5, 0.6) is 0 Å². The van der Waals surface area contributed by atoms with Crippen LogP contribution in [0.3, 0.4) is 0 Å². The average molecular weight is 550 g/mol. The van der Waals surface area contributed by atoms with Crippen LogP contribution in [-0.2, 0) is 0 Å². The number of nitrogens with zero attached hydrogens (tertiary/aromatic N) is 1. The second-order valence-electron chi connectivity index (χ2n) is 14.4. The van der Waals surface area contributed by atoms with E-state index in [1.807, 2.05) is 0 Å². The fourth-order valence-electron chi connectivity index (χ4n) is 6.83. The van der Waals surface area contributed by atoms with E-state index >= 15 is 0 Å². The highest BCUT2D eigenvalue weighted by Crippen LogP contribution is 2.34. The molecule has 0 aliphatic carbocycles. The first-order chi connectivity index (χ1) is 18.8. The molecule has 0 amide bonds. The number of hydrogen-bond donors (Lipinski definition) is 0. The Morgan fingerprint density at radius 1 is 0.308 bits per heavy atom. The molecule has 0 aromatic carbocycles. The molecule has 0 unspecified atom stereocenters. The van der Waals surface area contributed by atoms with Gasteiger partial charge in [0.1, 0.15) is 0 Å². The van der Waals surface area contributed by atoms with Crippen molar-refractivity contribution in [2.45, 2.75) is 239 Å². The molecule has 1 heteroatoms. The minimum Gasteiger partial charge on any atom is -0.293 e. The van der Waals surface area contributed by atoms with E-state index in [9.17, 15) is 0 Å². The molecule has 0 saturated carbocycles. The quantitative estimate of drug-likeness (QED) is 0.0777. The Bertz CT molecular complexity index is 451. The first kappa shape index (κ1) is 39.0. The average Bonchev–Trinajstić information content (AvgIpc) is 2.90. The maximum Gasteiger partial charge on any atom is 0.0158 e. The van der Waals surface area contributed by atoms with Crippen molar-refractivity contribution in [2.75, 3.05) is 6.54 Å². The summed E-state index contributed by atoms with van der Waals surface area (Å²) in [5.74, 6) is 0. The normalized spacial score (nSPS) is 12.6. The van der Waals surface area contributed by atoms with Crippen molar-refractivity contribution in [3.8, 4) is 0 Å². The van der Waals surface area contributed by atoms with Crippen LogP contribution in [0, 0.1) is 0 Å². The van der Waals surface area contributed by atoms with Crippen LogP contribution >= 0.6 is 0 Å². The van der Waals surface area contributed by atoms with E-state index in [0.29, 0.717) is 11.1 Å². The lowest BCUT2D eigenvalue weighted by Gasteiger charge is -2.49. The number of rotatable bonds is 31. The lowest BCUT2D eigenvalue weighted by molar-refractivity contribution is 0.00151. The molecule has 0 heterocycles. The summed E-state index contributed by atoms with van der Waals surface area (Å²) >= 11 is 0. The molecule has 236 valence electrons. The Morgan fingerprint density at radius 3 is 0.821 bits per heavy atom. The zero-order valence-electron chi connectivity index (χ0n) is 29.0. The SMILES string of the molecule is CCCCCCCCCCCCCCCCN(C(C)(C)CCCCCCCC)C(C)(C)CCCCCCCC. The topological polar surface area (TPSA) is 3.24 Å². The molecule has 0 radical (unpaired) electrons. The van der Waals surface area contributed by atoms with Crippen LogP contribution in [0.15, 0.2) is 0 Å². The Kier molecular flexibility index (Phi) is 26.8. The zero-order valence-corrected chi connectivity index (χ0v) is 29.0. The van der Waals surface area contributed by atoms with E-state index in [-0.39, 0.29) is 0 Å². The fourth-order valence-corrected chi connectivity index (χ4v) is 6.83. The highest BCUT2D eigenvalue weighted by Gasteiger charge is 2.36. The predicted molar refractivity (Wildman–Crippen MR) is 181 cm³/mol. The van der Waals surface area contributed by atoms with Crippen molar-refractivity contribution in [1.29, 1.82) is 0 Å². The van der Waals surface area contributed by atoms with Crippen LogP contribution in [0.2, 0.25) is 0 Å². The molecule has 39 heavy (non-hydrogen) atoms. The van der Waals surface area contributed by atoms with Gasteiger partial charge in [0.15, 0.2) is 0 Å². The Labute approximate surface area is 250 Å². The summed E-state index contributed by atoms with van der Waals surface area (Å²) in [5, 5.41) is 0. The molecule has 0 aromatic heterocycles. The second-order valence-corrected chi connectivity index (χ2v) is 14.4. The predicted octanol–water partition coefficient (Wildman–Crippen LogP) is 13.8. The van der Waals surface area contributed by atoms with Crippen LogP contribution in [0.4, 0.5) is 0 Å². The molecule has 0 fully saturated rings. The maximum atomic E-state index is 2.96. The van der Waals surface area contributed by atoms with Crippen molar-refractivity contribution in [3.05, 3.63) is 0 Å². The number of unbranched alkanes of at least 4 members (excludes halogenated alkanes) is 23. The van der Waals surface area contributed by atoms with Gasteiger partial charge in [-0.1, -0.05) is 181 Å². The van der Waals surface area contributed by atoms with Crippen molar-refractivity contribution in [2.24, 2.45) is 0 Å². The standard InChI is InChI=1S/C38H79N/c1-8-11-14-17-20-21-22-23-24-25-26-27-30-33-36-39(37(4,5)34-31-28-18-15-12-9-2)38(6,7)35-32-29-19-16-13-10-3/h8-36H2,1-7H3. The zero-order chi connectivity index (χ0) is 29.1. The van der Waals surface area contributed by atoms with Crippen LogP contribution in [0.25, 0.3) is 0 Å². The molecule has 0 aromatic rings. The van der Waals surface area contributed by atoms with Crippen LogP contribution < -0.4 is 0 Å². The monoisotopic (exact) mass is 550 g/mol. The maximum absolute atomic E-state index is 2.96. The first-order valence-electron chi connectivity index (χ1n) is 18.6. The molecular formula is C38H79N. The van der Waals surface area contributed by atoms with Crippen molar-refractivity contribution >= 4 is 0 Å². The molecule has 0 saturated heterocycles. The number of hydrogen-bond acceptors (Lipinski definition) is 1. The second kappa shape index (κ2) is 26.8. The summed E-state index contributed by atoms with van der Waals surface area (Å²) in [6.07, 6.45) is 39.9. The lowest BCUT2D eigenvalue weighted by Crippen LogP contribution is -2.55. The van der Waals surface area contributed by atoms with Gasteiger partial charge in [0.05, 0.1) is 0 Å². The van der Waals surface area contributed by atoms with Gasteiger partial charge in [0, 0.05) is 11.1 Å². The van der Waals surface area contributed by atoms with E-state index in [2.05, 4.69) is 53.4 Å². The minimum absolute atomic E-state index is 0.313. The van der Waals surface area contributed by atoms with Gasteiger partial charge in [0.25, 0.3) is 0 Å². The summed E-state index contributed by atoms with van der Waals surface area (Å²) in [6, 6.07) is 0. The van der Waals surface area contributed by atoms with Gasteiger partial charge in [-0.05, 0) is 53.5 Å². The van der Waals surface area contributed by atoms with Gasteiger partial charge in [-0.2, -0.15) is 0 Å². The van der Waals surface area contributed by atoms with Crippen LogP contribution in [-0.4, -0.2) is 22.5 Å². The molecule has 0 aliphatic heterocycles. The van der Waals surface area contributed by atoms with E-state index in [4.69, 9.17) is 0 Å².